The van der Waals surface area contributed by atoms with Crippen LogP contribution in [0.15, 0.2) is 16.6 Å². The van der Waals surface area contributed by atoms with Crippen LogP contribution in [-0.4, -0.2) is 16.8 Å². The van der Waals surface area contributed by atoms with Crippen molar-refractivity contribution in [2.24, 2.45) is 0 Å². The van der Waals surface area contributed by atoms with Crippen molar-refractivity contribution in [2.45, 2.75) is 25.4 Å². The molecule has 0 saturated carbocycles. The minimum Gasteiger partial charge on any atom is -0.372 e. The van der Waals surface area contributed by atoms with Crippen molar-refractivity contribution in [1.82, 2.24) is 10.2 Å². The van der Waals surface area contributed by atoms with E-state index >= 15 is 0 Å². The van der Waals surface area contributed by atoms with Crippen molar-refractivity contribution in [1.29, 1.82) is 0 Å². The van der Waals surface area contributed by atoms with Gasteiger partial charge >= 0.3 is 0 Å². The second kappa shape index (κ2) is 4.59. The molecular weight excluding hydrogens is 304 g/mol. The molecule has 0 spiro atoms. The second-order valence-electron chi connectivity index (χ2n) is 4.25. The van der Waals surface area contributed by atoms with Crippen molar-refractivity contribution >= 4 is 38.4 Å². The van der Waals surface area contributed by atoms with E-state index in [1.54, 1.807) is 0 Å². The maximum Gasteiger partial charge on any atom is 0.0995 e. The van der Waals surface area contributed by atoms with E-state index in [2.05, 4.69) is 26.1 Å². The van der Waals surface area contributed by atoms with Gasteiger partial charge in [-0.3, -0.25) is 5.10 Å². The molecule has 17 heavy (non-hydrogen) atoms. The fraction of sp³-hybridized carbons (Fsp3) is 0.417. The molecule has 2 aromatic rings. The summed E-state index contributed by atoms with van der Waals surface area (Å²) in [4.78, 5) is 0. The molecule has 0 amide bonds. The number of ether oxygens (including phenoxy) is 1. The first-order chi connectivity index (χ1) is 8.27. The van der Waals surface area contributed by atoms with Crippen LogP contribution in [0.5, 0.6) is 0 Å². The molecule has 3 rings (SSSR count). The van der Waals surface area contributed by atoms with Gasteiger partial charge in [0.1, 0.15) is 0 Å². The molecule has 1 aliphatic heterocycles. The summed E-state index contributed by atoms with van der Waals surface area (Å²) < 4.78 is 6.69. The van der Waals surface area contributed by atoms with E-state index in [4.69, 9.17) is 16.3 Å². The van der Waals surface area contributed by atoms with Gasteiger partial charge in [0.15, 0.2) is 0 Å². The topological polar surface area (TPSA) is 37.9 Å². The van der Waals surface area contributed by atoms with Gasteiger partial charge in [-0.25, -0.2) is 0 Å². The largest absolute Gasteiger partial charge is 0.372 e. The van der Waals surface area contributed by atoms with Crippen molar-refractivity contribution in [3.63, 3.8) is 0 Å². The Hall–Kier alpha value is -0.580. The summed E-state index contributed by atoms with van der Waals surface area (Å²) in [5.41, 5.74) is 1.96. The maximum atomic E-state index is 6.13. The van der Waals surface area contributed by atoms with Crippen LogP contribution in [0, 0.1) is 0 Å². The lowest BCUT2D eigenvalue weighted by atomic mass is 10.0. The molecule has 1 N–H and O–H groups in total. The highest BCUT2D eigenvalue weighted by atomic mass is 79.9. The summed E-state index contributed by atoms with van der Waals surface area (Å²) in [5.74, 6) is 0. The van der Waals surface area contributed by atoms with Gasteiger partial charge in [-0.05, 0) is 47.3 Å². The standard InChI is InChI=1S/C12H12BrClN2O/c13-11-7(14)4-5-8-10(11)12(16-15-8)9-3-1-2-6-17-9/h4-5,9H,1-3,6H2,(H,15,16). The Morgan fingerprint density at radius 3 is 3.06 bits per heavy atom. The maximum absolute atomic E-state index is 6.13. The minimum absolute atomic E-state index is 0.114. The molecule has 0 bridgehead atoms. The Morgan fingerprint density at radius 2 is 2.29 bits per heavy atom. The highest BCUT2D eigenvalue weighted by Gasteiger charge is 2.22. The van der Waals surface area contributed by atoms with Crippen LogP contribution >= 0.6 is 27.5 Å². The zero-order valence-electron chi connectivity index (χ0n) is 9.17. The van der Waals surface area contributed by atoms with Gasteiger partial charge in [-0.1, -0.05) is 11.6 Å². The highest BCUT2D eigenvalue weighted by molar-refractivity contribution is 9.10. The summed E-state index contributed by atoms with van der Waals surface area (Å²) in [6.07, 6.45) is 3.49. The molecule has 1 aromatic heterocycles. The number of halogens is 2. The predicted molar refractivity (Wildman–Crippen MR) is 71.3 cm³/mol. The lowest BCUT2D eigenvalue weighted by Crippen LogP contribution is -2.12. The van der Waals surface area contributed by atoms with Crippen LogP contribution in [0.4, 0.5) is 0 Å². The number of benzene rings is 1. The quantitative estimate of drug-likeness (QED) is 0.855. The molecule has 3 nitrogen and oxygen atoms in total. The number of H-pyrrole nitrogens is 1. The Morgan fingerprint density at radius 1 is 1.41 bits per heavy atom. The Bertz CT molecular complexity index is 549. The van der Waals surface area contributed by atoms with Crippen LogP contribution in [0.2, 0.25) is 5.02 Å². The summed E-state index contributed by atoms with van der Waals surface area (Å²) in [6, 6.07) is 3.77. The van der Waals surface area contributed by atoms with Crippen molar-refractivity contribution in [2.75, 3.05) is 6.61 Å². The van der Waals surface area contributed by atoms with Crippen LogP contribution in [0.3, 0.4) is 0 Å². The molecule has 5 heteroatoms. The van der Waals surface area contributed by atoms with Crippen molar-refractivity contribution in [3.05, 3.63) is 27.3 Å². The molecule has 1 unspecified atom stereocenters. The lowest BCUT2D eigenvalue weighted by molar-refractivity contribution is 0.0131. The third-order valence-corrected chi connectivity index (χ3v) is 4.51. The first kappa shape index (κ1) is 11.5. The van der Waals surface area contributed by atoms with Crippen molar-refractivity contribution in [3.8, 4) is 0 Å². The van der Waals surface area contributed by atoms with E-state index in [1.165, 1.54) is 6.42 Å². The number of rotatable bonds is 1. The number of nitrogens with one attached hydrogen (secondary N) is 1. The molecule has 90 valence electrons. The summed E-state index contributed by atoms with van der Waals surface area (Å²) >= 11 is 9.66. The van der Waals surface area contributed by atoms with Gasteiger partial charge in [0.25, 0.3) is 0 Å². The second-order valence-corrected chi connectivity index (χ2v) is 5.45. The van der Waals surface area contributed by atoms with E-state index in [9.17, 15) is 0 Å². The van der Waals surface area contributed by atoms with Gasteiger partial charge in [-0.2, -0.15) is 5.10 Å². The average molecular weight is 316 g/mol. The number of aromatic amines is 1. The van der Waals surface area contributed by atoms with Crippen LogP contribution in [-0.2, 0) is 4.74 Å². The zero-order valence-corrected chi connectivity index (χ0v) is 11.5. The molecular formula is C12H12BrClN2O. The van der Waals surface area contributed by atoms with E-state index in [-0.39, 0.29) is 6.10 Å². The summed E-state index contributed by atoms with van der Waals surface area (Å²) in [5, 5.41) is 9.14. The predicted octanol–water partition coefficient (Wildman–Crippen LogP) is 4.22. The third kappa shape index (κ3) is 1.98. The number of aromatic nitrogens is 2. The summed E-state index contributed by atoms with van der Waals surface area (Å²) in [6.45, 7) is 0.823. The van der Waals surface area contributed by atoms with E-state index < -0.39 is 0 Å². The Labute approximate surface area is 113 Å². The molecule has 1 aromatic carbocycles. The summed E-state index contributed by atoms with van der Waals surface area (Å²) in [7, 11) is 0. The van der Waals surface area contributed by atoms with Crippen LogP contribution in [0.25, 0.3) is 10.9 Å². The van der Waals surface area contributed by atoms with Gasteiger partial charge in [0, 0.05) is 16.5 Å². The molecule has 1 fully saturated rings. The SMILES string of the molecule is Clc1ccc2n[nH]c(C3CCCCO3)c2c1Br. The fourth-order valence-corrected chi connectivity index (χ4v) is 2.97. The zero-order chi connectivity index (χ0) is 11.8. The molecule has 1 saturated heterocycles. The fourth-order valence-electron chi connectivity index (χ4n) is 2.27. The third-order valence-electron chi connectivity index (χ3n) is 3.14. The monoisotopic (exact) mass is 314 g/mol. The number of fused-ring (bicyclic) bond motifs is 1. The lowest BCUT2D eigenvalue weighted by Gasteiger charge is -2.21. The van der Waals surface area contributed by atoms with E-state index in [0.29, 0.717) is 5.02 Å². The normalized spacial score (nSPS) is 20.9. The van der Waals surface area contributed by atoms with Crippen LogP contribution < -0.4 is 0 Å². The molecule has 2 heterocycles. The van der Waals surface area contributed by atoms with E-state index in [0.717, 1.165) is 40.5 Å². The molecule has 0 aliphatic carbocycles. The minimum atomic E-state index is 0.114. The Balaban J connectivity index is 2.12. The average Bonchev–Trinajstić information content (AvgIpc) is 2.79. The Kier molecular flexibility index (Phi) is 3.11. The highest BCUT2D eigenvalue weighted by Crippen LogP contribution is 2.37. The van der Waals surface area contributed by atoms with E-state index in [1.807, 2.05) is 12.1 Å². The molecule has 1 aliphatic rings. The van der Waals surface area contributed by atoms with Gasteiger partial charge in [-0.15, -0.1) is 0 Å². The van der Waals surface area contributed by atoms with Gasteiger partial charge < -0.3 is 4.74 Å². The molecule has 0 radical (unpaired) electrons. The first-order valence-electron chi connectivity index (χ1n) is 5.71. The van der Waals surface area contributed by atoms with Crippen LogP contribution in [0.1, 0.15) is 31.1 Å². The first-order valence-corrected chi connectivity index (χ1v) is 6.88. The number of hydrogen-bond acceptors (Lipinski definition) is 2. The smallest absolute Gasteiger partial charge is 0.0995 e. The number of hydrogen-bond donors (Lipinski definition) is 1. The number of nitrogens with zero attached hydrogens (tertiary/aromatic N) is 1. The van der Waals surface area contributed by atoms with Gasteiger partial charge in [0.05, 0.1) is 22.3 Å². The van der Waals surface area contributed by atoms with Gasteiger partial charge in [0.2, 0.25) is 0 Å². The molecule has 1 atom stereocenters. The van der Waals surface area contributed by atoms with Crippen molar-refractivity contribution < 1.29 is 4.74 Å².